The number of nitrogens with zero attached hydrogens (tertiary/aromatic N) is 2. The van der Waals surface area contributed by atoms with Gasteiger partial charge in [-0.05, 0) is 41.4 Å². The highest BCUT2D eigenvalue weighted by Gasteiger charge is 2.14. The summed E-state index contributed by atoms with van der Waals surface area (Å²) < 4.78 is 12.1. The fourth-order valence-electron chi connectivity index (χ4n) is 3.48. The highest BCUT2D eigenvalue weighted by molar-refractivity contribution is 7.71. The van der Waals surface area contributed by atoms with E-state index in [2.05, 4.69) is 9.98 Å². The number of aromatic hydroxyl groups is 1. The minimum absolute atomic E-state index is 0.0152. The molecule has 1 aromatic heterocycles. The van der Waals surface area contributed by atoms with Gasteiger partial charge in [-0.15, -0.1) is 0 Å². The molecule has 0 amide bonds. The molecule has 0 aliphatic carbocycles. The van der Waals surface area contributed by atoms with Crippen LogP contribution in [0.5, 0.6) is 17.4 Å². The van der Waals surface area contributed by atoms with E-state index in [0.29, 0.717) is 17.2 Å². The van der Waals surface area contributed by atoms with Gasteiger partial charge in [0.2, 0.25) is 5.88 Å². The van der Waals surface area contributed by atoms with Gasteiger partial charge in [0, 0.05) is 17.7 Å². The Bertz CT molecular complexity index is 1410. The first-order valence-electron chi connectivity index (χ1n) is 9.80. The van der Waals surface area contributed by atoms with Gasteiger partial charge in [-0.3, -0.25) is 19.3 Å². The number of rotatable bonds is 6. The van der Waals surface area contributed by atoms with Gasteiger partial charge in [0.1, 0.15) is 17.1 Å². The molecular weight excluding hydrogens is 426 g/mol. The van der Waals surface area contributed by atoms with E-state index in [0.717, 1.165) is 16.3 Å². The number of methoxy groups -OCH3 is 2. The Balaban J connectivity index is 1.75. The van der Waals surface area contributed by atoms with Crippen LogP contribution in [0.2, 0.25) is 0 Å². The number of fused-ring (bicyclic) bond motifs is 1. The number of aliphatic imine (C=N–C) groups is 1. The molecule has 0 fully saturated rings. The molecule has 1 heterocycles. The van der Waals surface area contributed by atoms with Crippen LogP contribution in [-0.4, -0.2) is 35.1 Å². The van der Waals surface area contributed by atoms with Crippen LogP contribution >= 0.6 is 12.2 Å². The van der Waals surface area contributed by atoms with Gasteiger partial charge in [0.25, 0.3) is 5.56 Å². The first-order chi connectivity index (χ1) is 15.5. The van der Waals surface area contributed by atoms with Gasteiger partial charge in [-0.25, -0.2) is 0 Å². The number of hydrogen-bond donors (Lipinski definition) is 2. The molecule has 0 aliphatic rings. The molecule has 0 saturated carbocycles. The van der Waals surface area contributed by atoms with Crippen molar-refractivity contribution in [2.45, 2.75) is 6.54 Å². The van der Waals surface area contributed by atoms with E-state index in [1.807, 2.05) is 54.6 Å². The van der Waals surface area contributed by atoms with Crippen LogP contribution in [-0.2, 0) is 6.54 Å². The Morgan fingerprint density at radius 1 is 1.06 bits per heavy atom. The SMILES string of the molecule is COc1cc(CN=Cc2c(O)n(-c3cccc4ccccc34)c(=S)[nH]c2=O)cc(OC)c1. The summed E-state index contributed by atoms with van der Waals surface area (Å²) in [4.78, 5) is 19.5. The molecule has 0 radical (unpaired) electrons. The van der Waals surface area contributed by atoms with Crippen LogP contribution in [0.15, 0.2) is 70.5 Å². The molecule has 8 heteroatoms. The summed E-state index contributed by atoms with van der Waals surface area (Å²) in [5, 5.41) is 12.8. The van der Waals surface area contributed by atoms with Crippen molar-refractivity contribution >= 4 is 29.2 Å². The number of aromatic nitrogens is 2. The summed E-state index contributed by atoms with van der Waals surface area (Å²) in [5.41, 5.74) is 0.988. The smallest absolute Gasteiger partial charge is 0.264 e. The molecule has 7 nitrogen and oxygen atoms in total. The van der Waals surface area contributed by atoms with Gasteiger partial charge in [-0.1, -0.05) is 36.4 Å². The Labute approximate surface area is 189 Å². The maximum absolute atomic E-state index is 12.5. The molecule has 0 bridgehead atoms. The monoisotopic (exact) mass is 447 g/mol. The summed E-state index contributed by atoms with van der Waals surface area (Å²) >= 11 is 5.35. The molecule has 32 heavy (non-hydrogen) atoms. The van der Waals surface area contributed by atoms with Crippen molar-refractivity contribution < 1.29 is 14.6 Å². The fourth-order valence-corrected chi connectivity index (χ4v) is 3.76. The third-order valence-electron chi connectivity index (χ3n) is 5.03. The summed E-state index contributed by atoms with van der Waals surface area (Å²) in [7, 11) is 3.14. The third kappa shape index (κ3) is 4.13. The zero-order chi connectivity index (χ0) is 22.7. The number of nitrogens with one attached hydrogen (secondary N) is 1. The van der Waals surface area contributed by atoms with E-state index in [4.69, 9.17) is 21.7 Å². The zero-order valence-electron chi connectivity index (χ0n) is 17.5. The van der Waals surface area contributed by atoms with Crippen molar-refractivity contribution in [1.29, 1.82) is 0 Å². The first kappa shape index (κ1) is 21.3. The largest absolute Gasteiger partial charge is 0.497 e. The van der Waals surface area contributed by atoms with Crippen molar-refractivity contribution in [3.05, 3.63) is 86.9 Å². The van der Waals surface area contributed by atoms with Gasteiger partial charge in [-0.2, -0.15) is 0 Å². The van der Waals surface area contributed by atoms with Crippen molar-refractivity contribution in [1.82, 2.24) is 9.55 Å². The molecule has 0 saturated heterocycles. The highest BCUT2D eigenvalue weighted by Crippen LogP contribution is 2.27. The lowest BCUT2D eigenvalue weighted by Gasteiger charge is -2.13. The van der Waals surface area contributed by atoms with Crippen molar-refractivity contribution in [2.24, 2.45) is 4.99 Å². The van der Waals surface area contributed by atoms with Gasteiger partial charge in [0.05, 0.1) is 26.5 Å². The Morgan fingerprint density at radius 2 is 1.75 bits per heavy atom. The van der Waals surface area contributed by atoms with Gasteiger partial charge < -0.3 is 14.6 Å². The average Bonchev–Trinajstić information content (AvgIpc) is 2.81. The van der Waals surface area contributed by atoms with Crippen LogP contribution in [0.3, 0.4) is 0 Å². The second kappa shape index (κ2) is 9.07. The van der Waals surface area contributed by atoms with Crippen LogP contribution < -0.4 is 15.0 Å². The summed E-state index contributed by atoms with van der Waals surface area (Å²) in [6.45, 7) is 0.260. The molecule has 3 aromatic carbocycles. The Kier molecular flexibility index (Phi) is 6.04. The molecule has 0 unspecified atom stereocenters. The normalized spacial score (nSPS) is 11.2. The maximum atomic E-state index is 12.5. The molecule has 0 spiro atoms. The molecule has 0 atom stereocenters. The predicted molar refractivity (Wildman–Crippen MR) is 127 cm³/mol. The topological polar surface area (TPSA) is 88.8 Å². The maximum Gasteiger partial charge on any atom is 0.264 e. The van der Waals surface area contributed by atoms with E-state index >= 15 is 0 Å². The van der Waals surface area contributed by atoms with Crippen molar-refractivity contribution in [2.75, 3.05) is 14.2 Å². The minimum atomic E-state index is -0.518. The number of benzene rings is 3. The molecule has 4 rings (SSSR count). The molecule has 0 aliphatic heterocycles. The molecule has 2 N–H and O–H groups in total. The van der Waals surface area contributed by atoms with E-state index < -0.39 is 5.56 Å². The second-order valence-corrected chi connectivity index (χ2v) is 7.41. The molecule has 162 valence electrons. The first-order valence-corrected chi connectivity index (χ1v) is 10.2. The minimum Gasteiger partial charge on any atom is -0.497 e. The Hall–Kier alpha value is -3.91. The number of ether oxygens (including phenoxy) is 2. The third-order valence-corrected chi connectivity index (χ3v) is 5.32. The summed E-state index contributed by atoms with van der Waals surface area (Å²) in [6.07, 6.45) is 1.34. The zero-order valence-corrected chi connectivity index (χ0v) is 18.3. The number of H-pyrrole nitrogens is 1. The van der Waals surface area contributed by atoms with Crippen LogP contribution in [0.4, 0.5) is 0 Å². The van der Waals surface area contributed by atoms with Crippen LogP contribution in [0, 0.1) is 4.77 Å². The lowest BCUT2D eigenvalue weighted by atomic mass is 10.1. The van der Waals surface area contributed by atoms with E-state index in [9.17, 15) is 9.90 Å². The van der Waals surface area contributed by atoms with Crippen molar-refractivity contribution in [3.63, 3.8) is 0 Å². The lowest BCUT2D eigenvalue weighted by Crippen LogP contribution is -2.18. The molecule has 4 aromatic rings. The summed E-state index contributed by atoms with van der Waals surface area (Å²) in [5.74, 6) is 1.00. The van der Waals surface area contributed by atoms with E-state index in [1.165, 1.54) is 10.8 Å². The van der Waals surface area contributed by atoms with E-state index in [-0.39, 0.29) is 22.8 Å². The summed E-state index contributed by atoms with van der Waals surface area (Å²) in [6, 6.07) is 18.8. The standard InChI is InChI=1S/C24H21N3O4S/c1-30-17-10-15(11-18(12-17)31-2)13-25-14-20-22(28)26-24(32)27(23(20)29)21-9-5-7-16-6-3-4-8-19(16)21/h3-12,14,29H,13H2,1-2H3,(H,26,28,32). The fraction of sp³-hybridized carbons (Fsp3) is 0.125. The second-order valence-electron chi connectivity index (χ2n) is 7.02. The van der Waals surface area contributed by atoms with Crippen LogP contribution in [0.25, 0.3) is 16.5 Å². The quantitative estimate of drug-likeness (QED) is 0.338. The van der Waals surface area contributed by atoms with Gasteiger partial charge >= 0.3 is 0 Å². The van der Waals surface area contributed by atoms with Crippen molar-refractivity contribution in [3.8, 4) is 23.1 Å². The van der Waals surface area contributed by atoms with Crippen LogP contribution in [0.1, 0.15) is 11.1 Å². The number of hydrogen-bond acceptors (Lipinski definition) is 6. The Morgan fingerprint density at radius 3 is 2.47 bits per heavy atom. The van der Waals surface area contributed by atoms with E-state index in [1.54, 1.807) is 20.3 Å². The van der Waals surface area contributed by atoms with Gasteiger partial charge in [0.15, 0.2) is 4.77 Å². The lowest BCUT2D eigenvalue weighted by molar-refractivity contribution is 0.393. The molecular formula is C24H21N3O4S. The predicted octanol–water partition coefficient (Wildman–Crippen LogP) is 4.39. The highest BCUT2D eigenvalue weighted by atomic mass is 32.1. The number of aromatic amines is 1. The average molecular weight is 448 g/mol.